The molecule has 0 aliphatic carbocycles. The average molecular weight is 903 g/mol. The number of likely N-dealkylation sites (tertiary alicyclic amines) is 1. The molecule has 15 nitrogen and oxygen atoms in total. The minimum absolute atomic E-state index is 0.00265. The fraction of sp³-hybridized carbons (Fsp3) is 0.490. The molecular weight excluding hydrogens is 837 g/mol. The van der Waals surface area contributed by atoms with E-state index in [2.05, 4.69) is 70.7 Å². The summed E-state index contributed by atoms with van der Waals surface area (Å²) in [5, 5.41) is 16.7. The van der Waals surface area contributed by atoms with Gasteiger partial charge in [0.15, 0.2) is 0 Å². The average Bonchev–Trinajstić information content (AvgIpc) is 3.89. The maximum atomic E-state index is 14.7. The van der Waals surface area contributed by atoms with E-state index in [1.54, 1.807) is 24.1 Å². The fourth-order valence-electron chi connectivity index (χ4n) is 10.0. The van der Waals surface area contributed by atoms with Crippen molar-refractivity contribution >= 4 is 40.5 Å². The van der Waals surface area contributed by atoms with Crippen molar-refractivity contribution in [2.75, 3.05) is 47.4 Å². The lowest BCUT2D eigenvalue weighted by molar-refractivity contribution is -0.155. The number of hydrogen-bond acceptors (Lipinski definition) is 10. The molecule has 4 atom stereocenters. The number of aromatic nitrogens is 2. The Labute approximate surface area is 388 Å². The summed E-state index contributed by atoms with van der Waals surface area (Å²) in [6, 6.07) is 10.8. The highest BCUT2D eigenvalue weighted by Crippen LogP contribution is 2.41. The van der Waals surface area contributed by atoms with Gasteiger partial charge in [-0.25, -0.2) is 5.43 Å². The Hall–Kier alpha value is -6.06. The number of nitrogens with one attached hydrogen (secondary N) is 2. The van der Waals surface area contributed by atoms with Gasteiger partial charge in [0.05, 0.1) is 18.2 Å². The van der Waals surface area contributed by atoms with Crippen molar-refractivity contribution in [2.45, 2.75) is 97.9 Å². The van der Waals surface area contributed by atoms with Crippen molar-refractivity contribution in [1.29, 1.82) is 0 Å². The lowest BCUT2D eigenvalue weighted by Crippen LogP contribution is -2.62. The first-order chi connectivity index (χ1) is 31.4. The van der Waals surface area contributed by atoms with Gasteiger partial charge in [0.1, 0.15) is 23.9 Å². The highest BCUT2D eigenvalue weighted by molar-refractivity contribution is 5.96. The maximum absolute atomic E-state index is 14.7. The van der Waals surface area contributed by atoms with E-state index in [-0.39, 0.29) is 49.6 Å². The molecule has 0 radical (unpaired) electrons. The number of aryl methyl sites for hydroxylation is 1. The molecule has 0 spiro atoms. The zero-order chi connectivity index (χ0) is 47.6. The summed E-state index contributed by atoms with van der Waals surface area (Å²) < 4.78 is 8.41. The van der Waals surface area contributed by atoms with E-state index in [9.17, 15) is 29.1 Å². The first-order valence-corrected chi connectivity index (χ1v) is 23.2. The second kappa shape index (κ2) is 19.8. The van der Waals surface area contributed by atoms with Gasteiger partial charge in [0, 0.05) is 80.5 Å². The van der Waals surface area contributed by atoms with Crippen LogP contribution in [0.5, 0.6) is 5.75 Å². The number of hydrazine groups is 1. The molecular formula is C51H66N8O7. The van der Waals surface area contributed by atoms with Gasteiger partial charge in [-0.2, -0.15) is 0 Å². The van der Waals surface area contributed by atoms with Gasteiger partial charge in [0.25, 0.3) is 5.91 Å². The standard InChI is InChI=1S/C51H66N8O7/c1-10-44(61)57-18-16-35(29-57)48(63)56(9)45(31(3)4)47(62)53-42-22-32-19-36(23-38(60)21-32)34-14-15-43-39(24-34)40(46(58(43)11-2)37-20-33(26-52-27-37)28-55(7)8)25-51(5,6)30-66-50(65)41-13-12-17-59(54-41)49(42)64/h10,14-15,19-21,23-24,26-27,31,35,41-42,45,54,60H,1,11-13,16-18,22,25,28-30H2,2-9H3,(H,53,62)/t35-,41-,42-,45?/m0/s1. The number of likely N-dealkylation sites (N-methyl/N-ethyl adjacent to an activating group) is 1. The second-order valence-corrected chi connectivity index (χ2v) is 19.7. The Morgan fingerprint density at radius 2 is 1.80 bits per heavy atom. The SMILES string of the molecule is C=CC(=O)N1CC[C@H](C(=O)N(C)C(C(=O)N[C@H]2Cc3cc(O)cc(c3)-c3ccc4c(c3)c(c(-c3cncc(CN(C)C)c3)n4CC)CC(C)(C)COC(=O)[C@@H]3CCCN(N3)C2=O)C(C)C)C1. The second-order valence-electron chi connectivity index (χ2n) is 19.7. The Morgan fingerprint density at radius 1 is 1.03 bits per heavy atom. The van der Waals surface area contributed by atoms with E-state index in [1.807, 2.05) is 52.5 Å². The van der Waals surface area contributed by atoms with E-state index in [0.29, 0.717) is 44.3 Å². The quantitative estimate of drug-likeness (QED) is 0.140. The summed E-state index contributed by atoms with van der Waals surface area (Å²) in [4.78, 5) is 79.1. The van der Waals surface area contributed by atoms with Crippen LogP contribution in [-0.4, -0.2) is 129 Å². The number of pyridine rings is 1. The van der Waals surface area contributed by atoms with E-state index >= 15 is 0 Å². The zero-order valence-electron chi connectivity index (χ0n) is 39.7. The van der Waals surface area contributed by atoms with E-state index in [0.717, 1.165) is 51.0 Å². The third-order valence-corrected chi connectivity index (χ3v) is 13.1. The minimum Gasteiger partial charge on any atom is -0.508 e. The number of nitrogens with zero attached hydrogens (tertiary/aromatic N) is 6. The summed E-state index contributed by atoms with van der Waals surface area (Å²) in [5.74, 6) is -2.82. The number of carbonyl (C=O) groups excluding carboxylic acids is 5. The topological polar surface area (TPSA) is 170 Å². The number of carbonyl (C=O) groups is 5. The Kier molecular flexibility index (Phi) is 14.4. The third kappa shape index (κ3) is 10.3. The molecule has 3 N–H and O–H groups in total. The van der Waals surface area contributed by atoms with Gasteiger partial charge >= 0.3 is 5.97 Å². The van der Waals surface area contributed by atoms with Gasteiger partial charge in [-0.05, 0) is 117 Å². The molecule has 3 aliphatic rings. The summed E-state index contributed by atoms with van der Waals surface area (Å²) in [6.45, 7) is 16.0. The molecule has 66 heavy (non-hydrogen) atoms. The van der Waals surface area contributed by atoms with E-state index in [4.69, 9.17) is 4.74 Å². The number of rotatable bonds is 10. The summed E-state index contributed by atoms with van der Waals surface area (Å²) in [7, 11) is 5.65. The monoisotopic (exact) mass is 903 g/mol. The molecule has 3 aliphatic heterocycles. The van der Waals surface area contributed by atoms with Crippen LogP contribution in [0, 0.1) is 17.3 Å². The fourth-order valence-corrected chi connectivity index (χ4v) is 10.0. The van der Waals surface area contributed by atoms with Crippen LogP contribution in [0.2, 0.25) is 0 Å². The number of cyclic esters (lactones) is 1. The van der Waals surface area contributed by atoms with Gasteiger partial charge < -0.3 is 34.4 Å². The zero-order valence-corrected chi connectivity index (χ0v) is 39.7. The maximum Gasteiger partial charge on any atom is 0.324 e. The molecule has 4 amide bonds. The first kappa shape index (κ1) is 47.9. The molecule has 5 heterocycles. The summed E-state index contributed by atoms with van der Waals surface area (Å²) in [6.07, 6.45) is 7.02. The van der Waals surface area contributed by atoms with Crippen LogP contribution in [0.1, 0.15) is 70.6 Å². The number of phenols is 1. The Balaban J connectivity index is 1.30. The molecule has 2 saturated heterocycles. The molecule has 0 saturated carbocycles. The molecule has 2 aromatic heterocycles. The Bertz CT molecular complexity index is 2510. The van der Waals surface area contributed by atoms with Gasteiger partial charge in [-0.1, -0.05) is 46.4 Å². The van der Waals surface area contributed by atoms with Crippen molar-refractivity contribution in [3.63, 3.8) is 0 Å². The van der Waals surface area contributed by atoms with Gasteiger partial charge in [-0.15, -0.1) is 0 Å². The highest BCUT2D eigenvalue weighted by atomic mass is 16.5. The number of benzene rings is 2. The normalized spacial score (nSPS) is 20.5. The lowest BCUT2D eigenvalue weighted by Gasteiger charge is -2.37. The van der Waals surface area contributed by atoms with E-state index in [1.165, 1.54) is 16.0 Å². The van der Waals surface area contributed by atoms with Crippen molar-refractivity contribution < 1.29 is 33.8 Å². The van der Waals surface area contributed by atoms with Crippen molar-refractivity contribution in [1.82, 2.24) is 40.0 Å². The van der Waals surface area contributed by atoms with E-state index < -0.39 is 47.2 Å². The molecule has 15 heteroatoms. The van der Waals surface area contributed by atoms with Crippen LogP contribution in [0.4, 0.5) is 0 Å². The molecule has 6 bridgehead atoms. The smallest absolute Gasteiger partial charge is 0.324 e. The summed E-state index contributed by atoms with van der Waals surface area (Å²) >= 11 is 0. The van der Waals surface area contributed by atoms with Crippen LogP contribution < -0.4 is 10.7 Å². The first-order valence-electron chi connectivity index (χ1n) is 23.2. The molecule has 2 fully saturated rings. The number of hydrogen-bond donors (Lipinski definition) is 3. The van der Waals surface area contributed by atoms with Crippen molar-refractivity contribution in [3.8, 4) is 28.1 Å². The van der Waals surface area contributed by atoms with Gasteiger partial charge in [-0.3, -0.25) is 34.0 Å². The summed E-state index contributed by atoms with van der Waals surface area (Å²) in [5.41, 5.74) is 10.0. The predicted molar refractivity (Wildman–Crippen MR) is 254 cm³/mol. The van der Waals surface area contributed by atoms with Crippen LogP contribution in [0.25, 0.3) is 33.3 Å². The number of fused-ring (bicyclic) bond motifs is 6. The number of ether oxygens (including phenoxy) is 1. The number of amides is 4. The lowest BCUT2D eigenvalue weighted by atomic mass is 9.84. The number of phenolic OH excluding ortho intramolecular Hbond substituents is 1. The van der Waals surface area contributed by atoms with Crippen LogP contribution >= 0.6 is 0 Å². The van der Waals surface area contributed by atoms with Crippen LogP contribution in [0.15, 0.2) is 67.5 Å². The number of aromatic hydroxyl groups is 1. The molecule has 1 unspecified atom stereocenters. The predicted octanol–water partition coefficient (Wildman–Crippen LogP) is 5.32. The van der Waals surface area contributed by atoms with Gasteiger partial charge in [0.2, 0.25) is 17.7 Å². The van der Waals surface area contributed by atoms with Crippen LogP contribution in [0.3, 0.4) is 0 Å². The Morgan fingerprint density at radius 3 is 2.52 bits per heavy atom. The molecule has 4 aromatic rings. The highest BCUT2D eigenvalue weighted by Gasteiger charge is 2.40. The third-order valence-electron chi connectivity index (χ3n) is 13.1. The molecule has 7 rings (SSSR count). The minimum atomic E-state index is -1.16. The van der Waals surface area contributed by atoms with Crippen molar-refractivity contribution in [2.24, 2.45) is 17.3 Å². The van der Waals surface area contributed by atoms with Crippen LogP contribution in [-0.2, 0) is 54.6 Å². The van der Waals surface area contributed by atoms with Crippen molar-refractivity contribution in [3.05, 3.63) is 84.2 Å². The number of esters is 1. The molecule has 2 aromatic carbocycles. The molecule has 352 valence electrons. The largest absolute Gasteiger partial charge is 0.508 e.